The highest BCUT2D eigenvalue weighted by molar-refractivity contribution is 5.84. The van der Waals surface area contributed by atoms with Crippen LogP contribution in [-0.2, 0) is 14.3 Å². The minimum Gasteiger partial charge on any atom is -0.484 e. The Kier molecular flexibility index (Phi) is 7.90. The predicted octanol–water partition coefficient (Wildman–Crippen LogP) is 2.96. The quantitative estimate of drug-likeness (QED) is 0.714. The van der Waals surface area contributed by atoms with Crippen molar-refractivity contribution in [2.24, 2.45) is 0 Å². The van der Waals surface area contributed by atoms with Crippen LogP contribution in [0.25, 0.3) is 0 Å². The monoisotopic (exact) mass is 351 g/mol. The summed E-state index contributed by atoms with van der Waals surface area (Å²) in [5, 5.41) is 11.7. The molecule has 0 spiro atoms. The number of rotatable bonds is 9. The van der Waals surface area contributed by atoms with Crippen LogP contribution in [0.3, 0.4) is 0 Å². The summed E-state index contributed by atoms with van der Waals surface area (Å²) in [5.74, 6) is -0.574. The highest BCUT2D eigenvalue weighted by Gasteiger charge is 2.21. The molecule has 1 aromatic carbocycles. The molecule has 6 heteroatoms. The third-order valence-electron chi connectivity index (χ3n) is 3.49. The zero-order valence-electron chi connectivity index (χ0n) is 15.7. The second-order valence-electron chi connectivity index (χ2n) is 7.22. The first-order valence-electron chi connectivity index (χ1n) is 8.47. The fraction of sp³-hybridized carbons (Fsp3) is 0.579. The largest absolute Gasteiger partial charge is 0.484 e. The molecule has 6 nitrogen and oxygen atoms in total. The van der Waals surface area contributed by atoms with Gasteiger partial charge in [-0.25, -0.2) is 4.79 Å². The van der Waals surface area contributed by atoms with Crippen LogP contribution in [0.5, 0.6) is 5.75 Å². The molecule has 1 amide bonds. The number of carboxylic acid groups (broad SMARTS) is 1. The summed E-state index contributed by atoms with van der Waals surface area (Å²) in [6.07, 6.45) is 0.196. The van der Waals surface area contributed by atoms with Crippen LogP contribution in [0.4, 0.5) is 0 Å². The number of amides is 1. The summed E-state index contributed by atoms with van der Waals surface area (Å²) in [7, 11) is 0. The molecule has 0 aliphatic rings. The van der Waals surface area contributed by atoms with E-state index in [-0.39, 0.29) is 25.2 Å². The molecule has 0 saturated heterocycles. The van der Waals surface area contributed by atoms with Gasteiger partial charge in [-0.1, -0.05) is 26.0 Å². The van der Waals surface area contributed by atoms with Gasteiger partial charge in [0.2, 0.25) is 0 Å². The number of ether oxygens (including phenoxy) is 2. The van der Waals surface area contributed by atoms with E-state index in [1.807, 2.05) is 32.9 Å². The van der Waals surface area contributed by atoms with Gasteiger partial charge in [-0.2, -0.15) is 0 Å². The van der Waals surface area contributed by atoms with E-state index < -0.39 is 17.9 Å². The van der Waals surface area contributed by atoms with Crippen molar-refractivity contribution in [1.82, 2.24) is 5.32 Å². The highest BCUT2D eigenvalue weighted by atomic mass is 16.5. The fourth-order valence-corrected chi connectivity index (χ4v) is 2.07. The Morgan fingerprint density at radius 1 is 1.16 bits per heavy atom. The molecule has 0 bridgehead atoms. The molecule has 0 aliphatic carbocycles. The van der Waals surface area contributed by atoms with Crippen LogP contribution in [0.15, 0.2) is 24.3 Å². The van der Waals surface area contributed by atoms with E-state index in [1.54, 1.807) is 12.1 Å². The molecular weight excluding hydrogens is 322 g/mol. The third kappa shape index (κ3) is 8.54. The van der Waals surface area contributed by atoms with E-state index in [0.717, 1.165) is 0 Å². The number of carbonyl (C=O) groups is 2. The maximum absolute atomic E-state index is 11.9. The number of carbonyl (C=O) groups excluding carboxylic acids is 1. The molecule has 1 unspecified atom stereocenters. The topological polar surface area (TPSA) is 84.9 Å². The molecule has 0 heterocycles. The van der Waals surface area contributed by atoms with Crippen molar-refractivity contribution in [3.8, 4) is 5.75 Å². The normalized spacial score (nSPS) is 12.7. The molecule has 0 saturated carbocycles. The van der Waals surface area contributed by atoms with E-state index >= 15 is 0 Å². The molecule has 0 aromatic heterocycles. The average molecular weight is 351 g/mol. The Morgan fingerprint density at radius 2 is 1.76 bits per heavy atom. The molecule has 140 valence electrons. The van der Waals surface area contributed by atoms with E-state index in [9.17, 15) is 14.7 Å². The Hall–Kier alpha value is -2.08. The molecule has 1 aromatic rings. The number of hydrogen-bond acceptors (Lipinski definition) is 4. The van der Waals surface area contributed by atoms with Crippen molar-refractivity contribution in [3.05, 3.63) is 29.8 Å². The lowest BCUT2D eigenvalue weighted by Crippen LogP contribution is -2.44. The van der Waals surface area contributed by atoms with Crippen LogP contribution < -0.4 is 10.1 Å². The standard InChI is InChI=1S/C19H29NO5/c1-13(2)14-6-8-15(9-7-14)24-12-17(21)20-16(18(22)23)10-11-25-19(3,4)5/h6-9,13,16H,10-12H2,1-5H3,(H,20,21)(H,22,23). The van der Waals surface area contributed by atoms with Crippen LogP contribution in [0, 0.1) is 0 Å². The van der Waals surface area contributed by atoms with Crippen LogP contribution >= 0.6 is 0 Å². The van der Waals surface area contributed by atoms with Gasteiger partial charge in [0.25, 0.3) is 5.91 Å². The van der Waals surface area contributed by atoms with Gasteiger partial charge in [0.15, 0.2) is 6.61 Å². The summed E-state index contributed by atoms with van der Waals surface area (Å²) < 4.78 is 10.9. The summed E-state index contributed by atoms with van der Waals surface area (Å²) >= 11 is 0. The number of carboxylic acids is 1. The van der Waals surface area contributed by atoms with Gasteiger partial charge in [0.1, 0.15) is 11.8 Å². The maximum atomic E-state index is 11.9. The second-order valence-corrected chi connectivity index (χ2v) is 7.22. The Bertz CT molecular complexity index is 560. The summed E-state index contributed by atoms with van der Waals surface area (Å²) in [6, 6.07) is 6.49. The van der Waals surface area contributed by atoms with Crippen molar-refractivity contribution >= 4 is 11.9 Å². The lowest BCUT2D eigenvalue weighted by molar-refractivity contribution is -0.143. The van der Waals surface area contributed by atoms with Gasteiger partial charge in [-0.15, -0.1) is 0 Å². The Morgan fingerprint density at radius 3 is 2.24 bits per heavy atom. The van der Waals surface area contributed by atoms with Gasteiger partial charge >= 0.3 is 5.97 Å². The fourth-order valence-electron chi connectivity index (χ4n) is 2.07. The van der Waals surface area contributed by atoms with Gasteiger partial charge < -0.3 is 19.9 Å². The number of aliphatic carboxylic acids is 1. The van der Waals surface area contributed by atoms with Gasteiger partial charge in [0.05, 0.1) is 5.60 Å². The molecule has 1 rings (SSSR count). The Labute approximate surface area is 149 Å². The van der Waals surface area contributed by atoms with Crippen molar-refractivity contribution in [1.29, 1.82) is 0 Å². The van der Waals surface area contributed by atoms with Crippen LogP contribution in [0.2, 0.25) is 0 Å². The minimum absolute atomic E-state index is 0.196. The average Bonchev–Trinajstić information content (AvgIpc) is 2.51. The molecule has 1 atom stereocenters. The minimum atomic E-state index is -1.09. The molecule has 0 aliphatic heterocycles. The van der Waals surface area contributed by atoms with E-state index in [1.165, 1.54) is 5.56 Å². The lowest BCUT2D eigenvalue weighted by atomic mass is 10.0. The molecule has 0 fully saturated rings. The van der Waals surface area contributed by atoms with Crippen molar-refractivity contribution in [2.75, 3.05) is 13.2 Å². The third-order valence-corrected chi connectivity index (χ3v) is 3.49. The van der Waals surface area contributed by atoms with Crippen molar-refractivity contribution in [3.63, 3.8) is 0 Å². The smallest absolute Gasteiger partial charge is 0.326 e. The van der Waals surface area contributed by atoms with Gasteiger partial charge in [-0.05, 0) is 44.4 Å². The second kappa shape index (κ2) is 9.42. The predicted molar refractivity (Wildman–Crippen MR) is 95.9 cm³/mol. The Balaban J connectivity index is 2.45. The van der Waals surface area contributed by atoms with E-state index in [2.05, 4.69) is 19.2 Å². The van der Waals surface area contributed by atoms with Crippen molar-refractivity contribution < 1.29 is 24.2 Å². The number of hydrogen-bond donors (Lipinski definition) is 2. The zero-order valence-corrected chi connectivity index (χ0v) is 15.7. The maximum Gasteiger partial charge on any atom is 0.326 e. The summed E-state index contributed by atoms with van der Waals surface area (Å²) in [5.41, 5.74) is 0.833. The summed E-state index contributed by atoms with van der Waals surface area (Å²) in [6.45, 7) is 9.87. The van der Waals surface area contributed by atoms with Gasteiger partial charge in [0, 0.05) is 13.0 Å². The number of nitrogens with one attached hydrogen (secondary N) is 1. The molecule has 25 heavy (non-hydrogen) atoms. The summed E-state index contributed by atoms with van der Waals surface area (Å²) in [4.78, 5) is 23.2. The highest BCUT2D eigenvalue weighted by Crippen LogP contribution is 2.18. The van der Waals surface area contributed by atoms with E-state index in [4.69, 9.17) is 9.47 Å². The molecule has 2 N–H and O–H groups in total. The lowest BCUT2D eigenvalue weighted by Gasteiger charge is -2.21. The molecule has 0 radical (unpaired) electrons. The SMILES string of the molecule is CC(C)c1ccc(OCC(=O)NC(CCOC(C)(C)C)C(=O)O)cc1. The zero-order chi connectivity index (χ0) is 19.0. The van der Waals surface area contributed by atoms with Gasteiger partial charge in [-0.3, -0.25) is 4.79 Å². The first kappa shape index (κ1) is 21.0. The molecular formula is C19H29NO5. The van der Waals surface area contributed by atoms with Crippen LogP contribution in [0.1, 0.15) is 52.5 Å². The van der Waals surface area contributed by atoms with Crippen molar-refractivity contribution in [2.45, 2.75) is 58.6 Å². The first-order valence-corrected chi connectivity index (χ1v) is 8.47. The number of benzene rings is 1. The first-order chi connectivity index (χ1) is 11.6. The van der Waals surface area contributed by atoms with E-state index in [0.29, 0.717) is 11.7 Å². The van der Waals surface area contributed by atoms with Crippen LogP contribution in [-0.4, -0.2) is 41.8 Å².